The molecule has 3 aromatic carbocycles. The number of carbonyl (C=O) groups excluding carboxylic acids is 6. The molecular weight excluding hydrogens is 694 g/mol. The van der Waals surface area contributed by atoms with E-state index in [1.807, 2.05) is 6.26 Å². The zero-order chi connectivity index (χ0) is 38.0. The number of esters is 1. The zero-order valence-corrected chi connectivity index (χ0v) is 29.4. The molecule has 0 saturated heterocycles. The molecule has 0 aliphatic carbocycles. The molecule has 52 heavy (non-hydrogen) atoms. The number of carbonyl (C=O) groups is 7. The zero-order valence-electron chi connectivity index (χ0n) is 28.5. The Hall–Kier alpha value is -5.90. The highest BCUT2D eigenvalue weighted by atomic mass is 32.2. The Morgan fingerprint density at radius 2 is 1.29 bits per heavy atom. The van der Waals surface area contributed by atoms with Crippen LogP contribution in [0.4, 0.5) is 0 Å². The fourth-order valence-corrected chi connectivity index (χ4v) is 5.28. The summed E-state index contributed by atoms with van der Waals surface area (Å²) in [6.45, 7) is 0.0279. The summed E-state index contributed by atoms with van der Waals surface area (Å²) >= 11 is 1.42. The molecule has 0 bridgehead atoms. The number of phenolic OH excluding ortho intramolecular Hbond substituents is 1. The number of rotatable bonds is 19. The van der Waals surface area contributed by atoms with Gasteiger partial charge in [-0.3, -0.25) is 28.8 Å². The minimum Gasteiger partial charge on any atom is -0.508 e. The highest BCUT2D eigenvalue weighted by molar-refractivity contribution is 7.98. The summed E-state index contributed by atoms with van der Waals surface area (Å²) in [7, 11) is 0. The highest BCUT2D eigenvalue weighted by Crippen LogP contribution is 2.19. The van der Waals surface area contributed by atoms with Crippen LogP contribution in [0.25, 0.3) is 0 Å². The fourth-order valence-electron chi connectivity index (χ4n) is 4.81. The summed E-state index contributed by atoms with van der Waals surface area (Å²) in [5.41, 5.74) is 1.26. The number of thioether (sulfide) groups is 1. The number of hydrogen-bond acceptors (Lipinski definition) is 10. The Morgan fingerprint density at radius 1 is 0.692 bits per heavy atom. The Morgan fingerprint density at radius 3 is 1.92 bits per heavy atom. The van der Waals surface area contributed by atoms with Crippen molar-refractivity contribution in [2.75, 3.05) is 25.1 Å². The molecule has 0 radical (unpaired) electrons. The lowest BCUT2D eigenvalue weighted by molar-refractivity contribution is -0.142. The maximum atomic E-state index is 13.3. The van der Waals surface area contributed by atoms with Crippen LogP contribution in [0.5, 0.6) is 11.5 Å². The van der Waals surface area contributed by atoms with Crippen molar-refractivity contribution in [2.24, 2.45) is 0 Å². The first-order valence-corrected chi connectivity index (χ1v) is 17.5. The summed E-state index contributed by atoms with van der Waals surface area (Å²) < 4.78 is 5.11. The van der Waals surface area contributed by atoms with Gasteiger partial charge in [0, 0.05) is 19.8 Å². The monoisotopic (exact) mass is 735 g/mol. The third-order valence-electron chi connectivity index (χ3n) is 7.41. The van der Waals surface area contributed by atoms with Crippen LogP contribution in [0.15, 0.2) is 78.9 Å². The Labute approximate surface area is 304 Å². The number of aliphatic carboxylic acids is 1. The van der Waals surface area contributed by atoms with Crippen LogP contribution < -0.4 is 31.3 Å². The third-order valence-corrected chi connectivity index (χ3v) is 8.06. The van der Waals surface area contributed by atoms with Crippen molar-refractivity contribution < 1.29 is 48.5 Å². The number of phenols is 1. The van der Waals surface area contributed by atoms with E-state index in [1.165, 1.54) is 43.0 Å². The molecule has 0 aliphatic rings. The van der Waals surface area contributed by atoms with E-state index in [0.29, 0.717) is 16.9 Å². The van der Waals surface area contributed by atoms with Gasteiger partial charge in [-0.05, 0) is 53.8 Å². The van der Waals surface area contributed by atoms with Crippen LogP contribution >= 0.6 is 11.8 Å². The number of nitrogens with one attached hydrogen (secondary N) is 5. The van der Waals surface area contributed by atoms with Gasteiger partial charge in [0.25, 0.3) is 5.91 Å². The number of para-hydroxylation sites is 1. The minimum absolute atomic E-state index is 0.00701. The van der Waals surface area contributed by atoms with E-state index in [-0.39, 0.29) is 36.3 Å². The maximum absolute atomic E-state index is 13.3. The Kier molecular flexibility index (Phi) is 16.1. The van der Waals surface area contributed by atoms with Gasteiger partial charge in [-0.25, -0.2) is 4.79 Å². The van der Waals surface area contributed by atoms with Crippen LogP contribution in [0.3, 0.4) is 0 Å². The van der Waals surface area contributed by atoms with Crippen molar-refractivity contribution in [3.05, 3.63) is 95.6 Å². The standard InChI is InChI=1S/C36H41N5O10S/c1-22(42)51-30-11-7-6-10-26(30)33(46)41-28(19-24-12-14-25(43)15-13-24)34(47)38-20-31(44)37-21-32(45)39-29(18-23-8-4-3-5-9-23)35(48)40-27(36(49)50)16-17-52-2/h3-15,27-29,43H,16-21H2,1-2H3,(H,37,44)(H,38,47)(H,39,45)(H,40,48)(H,41,46)(H,49,50)/t27-,28-,29-/m0/s1. The lowest BCUT2D eigenvalue weighted by atomic mass is 10.0. The van der Waals surface area contributed by atoms with Crippen LogP contribution in [0.2, 0.25) is 0 Å². The van der Waals surface area contributed by atoms with Crippen molar-refractivity contribution in [1.82, 2.24) is 26.6 Å². The van der Waals surface area contributed by atoms with Gasteiger partial charge >= 0.3 is 11.9 Å². The molecule has 5 amide bonds. The number of carboxylic acids is 1. The van der Waals surface area contributed by atoms with E-state index in [4.69, 9.17) is 4.74 Å². The summed E-state index contributed by atoms with van der Waals surface area (Å²) in [5.74, 6) is -5.08. The van der Waals surface area contributed by atoms with Gasteiger partial charge in [0.2, 0.25) is 23.6 Å². The van der Waals surface area contributed by atoms with Crippen LogP contribution in [-0.4, -0.2) is 94.9 Å². The van der Waals surface area contributed by atoms with Gasteiger partial charge in [-0.15, -0.1) is 0 Å². The Balaban J connectivity index is 1.63. The van der Waals surface area contributed by atoms with Gasteiger partial charge in [0.1, 0.15) is 29.6 Å². The molecule has 0 aliphatic heterocycles. The molecule has 3 aromatic rings. The maximum Gasteiger partial charge on any atom is 0.326 e. The molecule has 3 atom stereocenters. The van der Waals surface area contributed by atoms with Crippen molar-refractivity contribution in [3.8, 4) is 11.5 Å². The summed E-state index contributed by atoms with van der Waals surface area (Å²) in [6, 6.07) is 17.1. The molecular formula is C36H41N5O10S. The average molecular weight is 736 g/mol. The van der Waals surface area contributed by atoms with Crippen molar-refractivity contribution >= 4 is 53.2 Å². The molecule has 0 spiro atoms. The van der Waals surface area contributed by atoms with Crippen molar-refractivity contribution in [2.45, 2.75) is 44.3 Å². The summed E-state index contributed by atoms with van der Waals surface area (Å²) in [5, 5.41) is 31.6. The molecule has 0 saturated carbocycles. The van der Waals surface area contributed by atoms with Gasteiger partial charge in [-0.2, -0.15) is 11.8 Å². The molecule has 0 aromatic heterocycles. The SMILES string of the molecule is CSCC[C@H](NC(=O)[C@H](Cc1ccccc1)NC(=O)CNC(=O)CNC(=O)[C@H](Cc1ccc(O)cc1)NC(=O)c1ccccc1OC(C)=O)C(=O)O. The second-order valence-electron chi connectivity index (χ2n) is 11.5. The van der Waals surface area contributed by atoms with E-state index in [1.54, 1.807) is 54.6 Å². The van der Waals surface area contributed by atoms with Crippen molar-refractivity contribution in [1.29, 1.82) is 0 Å². The molecule has 3 rings (SSSR count). The van der Waals surface area contributed by atoms with Crippen LogP contribution in [0.1, 0.15) is 34.8 Å². The van der Waals surface area contributed by atoms with Crippen LogP contribution in [0, 0.1) is 0 Å². The average Bonchev–Trinajstić information content (AvgIpc) is 3.11. The second kappa shape index (κ2) is 20.7. The molecule has 0 heterocycles. The smallest absolute Gasteiger partial charge is 0.326 e. The predicted molar refractivity (Wildman–Crippen MR) is 191 cm³/mol. The summed E-state index contributed by atoms with van der Waals surface area (Å²) in [6.07, 6.45) is 2.00. The highest BCUT2D eigenvalue weighted by Gasteiger charge is 2.28. The number of benzene rings is 3. The van der Waals surface area contributed by atoms with E-state index >= 15 is 0 Å². The van der Waals surface area contributed by atoms with Crippen molar-refractivity contribution in [3.63, 3.8) is 0 Å². The number of aromatic hydroxyl groups is 1. The van der Waals surface area contributed by atoms with Gasteiger partial charge < -0.3 is 41.5 Å². The quantitative estimate of drug-likeness (QED) is 0.0677. The molecule has 7 N–H and O–H groups in total. The first-order chi connectivity index (χ1) is 24.9. The molecule has 276 valence electrons. The third kappa shape index (κ3) is 13.8. The number of amides is 5. The molecule has 0 fully saturated rings. The van der Waals surface area contributed by atoms with E-state index in [0.717, 1.165) is 0 Å². The van der Waals surface area contributed by atoms with Crippen LogP contribution in [-0.2, 0) is 41.6 Å². The van der Waals surface area contributed by atoms with Gasteiger partial charge in [0.05, 0.1) is 18.7 Å². The fraction of sp³-hybridized carbons (Fsp3) is 0.306. The largest absolute Gasteiger partial charge is 0.508 e. The number of ether oxygens (including phenoxy) is 1. The topological polar surface area (TPSA) is 229 Å². The molecule has 16 heteroatoms. The molecule has 15 nitrogen and oxygen atoms in total. The van der Waals surface area contributed by atoms with E-state index in [2.05, 4.69) is 26.6 Å². The predicted octanol–water partition coefficient (Wildman–Crippen LogP) is 0.941. The number of carboxylic acid groups (broad SMARTS) is 1. The lowest BCUT2D eigenvalue weighted by Gasteiger charge is -2.22. The normalized spacial score (nSPS) is 12.3. The molecule has 0 unspecified atom stereocenters. The van der Waals surface area contributed by atoms with Gasteiger partial charge in [-0.1, -0.05) is 54.6 Å². The second-order valence-corrected chi connectivity index (χ2v) is 12.5. The first-order valence-electron chi connectivity index (χ1n) is 16.1. The first kappa shape index (κ1) is 40.5. The van der Waals surface area contributed by atoms with Gasteiger partial charge in [0.15, 0.2) is 0 Å². The van der Waals surface area contributed by atoms with E-state index in [9.17, 15) is 43.8 Å². The van der Waals surface area contributed by atoms with E-state index < -0.39 is 72.7 Å². The lowest BCUT2D eigenvalue weighted by Crippen LogP contribution is -2.54. The Bertz CT molecular complexity index is 1720. The summed E-state index contributed by atoms with van der Waals surface area (Å²) in [4.78, 5) is 88.4. The minimum atomic E-state index is -1.22. The number of hydrogen-bond donors (Lipinski definition) is 7.